The van der Waals surface area contributed by atoms with Crippen LogP contribution in [0.2, 0.25) is 0 Å². The molecule has 3 aliphatic rings. The number of carbonyl (C=O) groups excluding carboxylic acids is 2. The molecule has 2 amide bonds. The number of hydrogen-bond acceptors (Lipinski definition) is 4. The van der Waals surface area contributed by atoms with Gasteiger partial charge in [-0.2, -0.15) is 0 Å². The fraction of sp³-hybridized carbons (Fsp3) is 0.273. The summed E-state index contributed by atoms with van der Waals surface area (Å²) in [6, 6.07) is 17.1. The van der Waals surface area contributed by atoms with E-state index >= 15 is 0 Å². The third-order valence-electron chi connectivity index (χ3n) is 6.03. The van der Waals surface area contributed by atoms with Crippen LogP contribution >= 0.6 is 0 Å². The molecule has 5 rings (SSSR count). The van der Waals surface area contributed by atoms with E-state index in [2.05, 4.69) is 0 Å². The molecule has 1 N–H and O–H groups in total. The third-order valence-corrected chi connectivity index (χ3v) is 6.03. The van der Waals surface area contributed by atoms with Crippen molar-refractivity contribution in [2.75, 3.05) is 11.5 Å². The molecule has 0 radical (unpaired) electrons. The first-order chi connectivity index (χ1) is 13.0. The first kappa shape index (κ1) is 16.4. The van der Waals surface area contributed by atoms with Crippen molar-refractivity contribution in [2.45, 2.75) is 18.1 Å². The molecule has 2 saturated heterocycles. The van der Waals surface area contributed by atoms with Crippen LogP contribution < -0.4 is 4.90 Å². The Morgan fingerprint density at radius 2 is 1.63 bits per heavy atom. The van der Waals surface area contributed by atoms with E-state index < -0.39 is 23.0 Å². The molecule has 0 saturated carbocycles. The van der Waals surface area contributed by atoms with E-state index in [1.807, 2.05) is 61.5 Å². The number of fused-ring (bicyclic) bond motifs is 5. The van der Waals surface area contributed by atoms with Gasteiger partial charge in [0.15, 0.2) is 0 Å². The van der Waals surface area contributed by atoms with Gasteiger partial charge in [0.2, 0.25) is 11.8 Å². The zero-order chi connectivity index (χ0) is 18.8. The SMILES string of the molecule is C[C@@]12C=C[C@](CO)(O1)[C@@H]1C(=O)N(c3ccccc3-c3ccccc3)C(=O)[C@@H]12. The number of anilines is 1. The van der Waals surface area contributed by atoms with Crippen LogP contribution in [0.3, 0.4) is 0 Å². The molecule has 0 spiro atoms. The molecule has 2 aromatic rings. The van der Waals surface area contributed by atoms with Crippen molar-refractivity contribution in [1.82, 2.24) is 0 Å². The summed E-state index contributed by atoms with van der Waals surface area (Å²) < 4.78 is 5.97. The van der Waals surface area contributed by atoms with E-state index in [0.29, 0.717) is 5.69 Å². The maximum absolute atomic E-state index is 13.4. The molecule has 5 nitrogen and oxygen atoms in total. The minimum Gasteiger partial charge on any atom is -0.393 e. The van der Waals surface area contributed by atoms with Crippen LogP contribution in [-0.4, -0.2) is 34.7 Å². The number of ether oxygens (including phenoxy) is 1. The van der Waals surface area contributed by atoms with Crippen LogP contribution in [0.25, 0.3) is 11.1 Å². The second-order valence-corrected chi connectivity index (χ2v) is 7.58. The highest BCUT2D eigenvalue weighted by atomic mass is 16.5. The molecular weight excluding hydrogens is 342 g/mol. The molecule has 5 heteroatoms. The number of para-hydroxylation sites is 1. The van der Waals surface area contributed by atoms with Crippen LogP contribution in [0.4, 0.5) is 5.69 Å². The zero-order valence-electron chi connectivity index (χ0n) is 14.8. The highest BCUT2D eigenvalue weighted by Gasteiger charge is 2.72. The molecule has 0 unspecified atom stereocenters. The van der Waals surface area contributed by atoms with Crippen LogP contribution in [0.5, 0.6) is 0 Å². The Balaban J connectivity index is 1.64. The minimum absolute atomic E-state index is 0.268. The maximum Gasteiger partial charge on any atom is 0.241 e. The predicted octanol–water partition coefficient (Wildman–Crippen LogP) is 2.55. The van der Waals surface area contributed by atoms with Gasteiger partial charge < -0.3 is 9.84 Å². The lowest BCUT2D eigenvalue weighted by Crippen LogP contribution is -2.43. The summed E-state index contributed by atoms with van der Waals surface area (Å²) in [5.41, 5.74) is 0.360. The van der Waals surface area contributed by atoms with Crippen LogP contribution in [0, 0.1) is 11.8 Å². The number of aliphatic hydroxyl groups excluding tert-OH is 1. The number of carbonyl (C=O) groups is 2. The van der Waals surface area contributed by atoms with Gasteiger partial charge in [0, 0.05) is 5.56 Å². The Labute approximate surface area is 156 Å². The van der Waals surface area contributed by atoms with Gasteiger partial charge in [-0.3, -0.25) is 9.59 Å². The molecule has 27 heavy (non-hydrogen) atoms. The lowest BCUT2D eigenvalue weighted by molar-refractivity contribution is -0.131. The smallest absolute Gasteiger partial charge is 0.241 e. The number of hydrogen-bond donors (Lipinski definition) is 1. The molecule has 0 aromatic heterocycles. The largest absolute Gasteiger partial charge is 0.393 e. The highest BCUT2D eigenvalue weighted by molar-refractivity contribution is 6.24. The number of aliphatic hydroxyl groups is 1. The van der Waals surface area contributed by atoms with Crippen molar-refractivity contribution >= 4 is 17.5 Å². The van der Waals surface area contributed by atoms with Crippen LogP contribution in [0.1, 0.15) is 6.92 Å². The molecule has 2 aromatic carbocycles. The summed E-state index contributed by atoms with van der Waals surface area (Å²) in [5.74, 6) is -1.90. The van der Waals surface area contributed by atoms with E-state index in [9.17, 15) is 14.7 Å². The minimum atomic E-state index is -1.11. The topological polar surface area (TPSA) is 66.8 Å². The first-order valence-electron chi connectivity index (χ1n) is 9.04. The van der Waals surface area contributed by atoms with E-state index in [0.717, 1.165) is 11.1 Å². The monoisotopic (exact) mass is 361 g/mol. The molecular formula is C22H19NO4. The number of imide groups is 1. The van der Waals surface area contributed by atoms with Crippen molar-refractivity contribution in [2.24, 2.45) is 11.8 Å². The molecule has 3 aliphatic heterocycles. The summed E-state index contributed by atoms with van der Waals surface area (Å²) in [4.78, 5) is 28.0. The van der Waals surface area contributed by atoms with E-state index in [4.69, 9.17) is 4.74 Å². The molecule has 0 aliphatic carbocycles. The number of benzene rings is 2. The van der Waals surface area contributed by atoms with E-state index in [1.54, 1.807) is 12.1 Å². The van der Waals surface area contributed by atoms with Gasteiger partial charge in [0.1, 0.15) is 5.60 Å². The van der Waals surface area contributed by atoms with Gasteiger partial charge >= 0.3 is 0 Å². The number of amides is 2. The zero-order valence-corrected chi connectivity index (χ0v) is 14.8. The number of rotatable bonds is 3. The molecule has 2 bridgehead atoms. The van der Waals surface area contributed by atoms with Crippen molar-refractivity contribution < 1.29 is 19.4 Å². The van der Waals surface area contributed by atoms with Gasteiger partial charge in [-0.15, -0.1) is 0 Å². The van der Waals surface area contributed by atoms with E-state index in [-0.39, 0.29) is 18.4 Å². The molecule has 4 atom stereocenters. The molecule has 3 heterocycles. The van der Waals surface area contributed by atoms with Crippen LogP contribution in [0.15, 0.2) is 66.7 Å². The summed E-state index contributed by atoms with van der Waals surface area (Å²) >= 11 is 0. The van der Waals surface area contributed by atoms with Gasteiger partial charge in [0.25, 0.3) is 0 Å². The van der Waals surface area contributed by atoms with Crippen LogP contribution in [-0.2, 0) is 14.3 Å². The van der Waals surface area contributed by atoms with Crippen molar-refractivity contribution in [3.05, 3.63) is 66.7 Å². The van der Waals surface area contributed by atoms with Crippen molar-refractivity contribution in [1.29, 1.82) is 0 Å². The fourth-order valence-corrected chi connectivity index (χ4v) is 4.81. The Kier molecular flexibility index (Phi) is 3.27. The Morgan fingerprint density at radius 3 is 2.37 bits per heavy atom. The summed E-state index contributed by atoms with van der Waals surface area (Å²) in [6.07, 6.45) is 3.55. The highest BCUT2D eigenvalue weighted by Crippen LogP contribution is 2.57. The Morgan fingerprint density at radius 1 is 0.963 bits per heavy atom. The molecule has 136 valence electrons. The average molecular weight is 361 g/mol. The van der Waals surface area contributed by atoms with Crippen molar-refractivity contribution in [3.63, 3.8) is 0 Å². The summed E-state index contributed by atoms with van der Waals surface area (Å²) in [7, 11) is 0. The first-order valence-corrected chi connectivity index (χ1v) is 9.04. The van der Waals surface area contributed by atoms with Crippen molar-refractivity contribution in [3.8, 4) is 11.1 Å². The van der Waals surface area contributed by atoms with Gasteiger partial charge in [0.05, 0.1) is 29.7 Å². The quantitative estimate of drug-likeness (QED) is 0.674. The Bertz CT molecular complexity index is 985. The fourth-order valence-electron chi connectivity index (χ4n) is 4.81. The second kappa shape index (κ2) is 5.38. The number of nitrogens with zero attached hydrogens (tertiary/aromatic N) is 1. The van der Waals surface area contributed by atoms with Gasteiger partial charge in [-0.05, 0) is 18.6 Å². The maximum atomic E-state index is 13.4. The Hall–Kier alpha value is -2.76. The molecule has 2 fully saturated rings. The standard InChI is InChI=1S/C22H19NO4/c1-21-11-12-22(13-24,27-21)18-17(21)19(25)23(20(18)26)16-10-6-5-9-15(16)14-7-3-2-4-8-14/h2-12,17-18,24H,13H2,1H3/t17-,18+,21+,22-/m1/s1. The van der Waals surface area contributed by atoms with E-state index in [1.165, 1.54) is 4.90 Å². The summed E-state index contributed by atoms with van der Waals surface area (Å²) in [6.45, 7) is 1.48. The third kappa shape index (κ3) is 2.01. The lowest BCUT2D eigenvalue weighted by Gasteiger charge is -2.27. The predicted molar refractivity (Wildman–Crippen MR) is 99.8 cm³/mol. The normalized spacial score (nSPS) is 33.8. The summed E-state index contributed by atoms with van der Waals surface area (Å²) in [5, 5.41) is 9.94. The average Bonchev–Trinajstić information content (AvgIpc) is 3.28. The van der Waals surface area contributed by atoms with Gasteiger partial charge in [-0.1, -0.05) is 60.7 Å². The lowest BCUT2D eigenvalue weighted by atomic mass is 9.73. The van der Waals surface area contributed by atoms with Gasteiger partial charge in [-0.25, -0.2) is 4.90 Å². The second-order valence-electron chi connectivity index (χ2n) is 7.58.